The van der Waals surface area contributed by atoms with E-state index in [4.69, 9.17) is 21.4 Å². The fourth-order valence-electron chi connectivity index (χ4n) is 4.72. The van der Waals surface area contributed by atoms with Crippen molar-refractivity contribution in [1.82, 2.24) is 9.88 Å². The first-order valence-electron chi connectivity index (χ1n) is 12.7. The van der Waals surface area contributed by atoms with Crippen LogP contribution in [0.25, 0.3) is 21.9 Å². The van der Waals surface area contributed by atoms with Crippen LogP contribution in [0.5, 0.6) is 0 Å². The number of aromatic nitrogens is 1. The number of nitrogens with zero attached hydrogens (tertiary/aromatic N) is 2. The lowest BCUT2D eigenvalue weighted by Gasteiger charge is -2.32. The number of carbonyl (C=O) groups excluding carboxylic acids is 2. The second kappa shape index (κ2) is 12.1. The molecule has 1 aliphatic heterocycles. The highest BCUT2D eigenvalue weighted by Gasteiger charge is 2.38. The lowest BCUT2D eigenvalue weighted by molar-refractivity contribution is -0.192. The van der Waals surface area contributed by atoms with Gasteiger partial charge in [0.25, 0.3) is 5.91 Å². The first-order chi connectivity index (χ1) is 19.4. The zero-order valence-corrected chi connectivity index (χ0v) is 21.8. The highest BCUT2D eigenvalue weighted by atomic mass is 19.4. The van der Waals surface area contributed by atoms with Gasteiger partial charge in [0, 0.05) is 35.8 Å². The molecule has 212 valence electrons. The number of rotatable bonds is 4. The molecule has 0 bridgehead atoms. The SMILES string of the molecule is NC(=O)c1cccc(-c2ccc(C(=O)N3CCC(c4ccc5ccnc(N)c5c4)CC3)cc2)c1.O=C(O)C(F)(F)F. The maximum absolute atomic E-state index is 13.1. The van der Waals surface area contributed by atoms with E-state index < -0.39 is 18.1 Å². The molecule has 4 aromatic rings. The average Bonchev–Trinajstić information content (AvgIpc) is 2.97. The topological polar surface area (TPSA) is 140 Å². The Morgan fingerprint density at radius 3 is 2.15 bits per heavy atom. The van der Waals surface area contributed by atoms with Crippen molar-refractivity contribution in [2.75, 3.05) is 18.8 Å². The first kappa shape index (κ1) is 29.1. The Morgan fingerprint density at radius 2 is 1.54 bits per heavy atom. The minimum absolute atomic E-state index is 0.0443. The van der Waals surface area contributed by atoms with E-state index >= 15 is 0 Å². The molecule has 0 saturated carbocycles. The molecule has 0 spiro atoms. The summed E-state index contributed by atoms with van der Waals surface area (Å²) in [5, 5.41) is 9.20. The Morgan fingerprint density at radius 1 is 0.878 bits per heavy atom. The molecule has 1 fully saturated rings. The monoisotopic (exact) mass is 564 g/mol. The van der Waals surface area contributed by atoms with Gasteiger partial charge in [0.15, 0.2) is 0 Å². The second-order valence-electron chi connectivity index (χ2n) is 9.57. The number of halogens is 3. The number of fused-ring (bicyclic) bond motifs is 1. The van der Waals surface area contributed by atoms with Crippen LogP contribution in [0.2, 0.25) is 0 Å². The van der Waals surface area contributed by atoms with Gasteiger partial charge in [-0.05, 0) is 77.2 Å². The summed E-state index contributed by atoms with van der Waals surface area (Å²) in [6.45, 7) is 1.43. The summed E-state index contributed by atoms with van der Waals surface area (Å²) in [5.41, 5.74) is 15.7. The average molecular weight is 565 g/mol. The van der Waals surface area contributed by atoms with E-state index in [-0.39, 0.29) is 5.91 Å². The van der Waals surface area contributed by atoms with Crippen molar-refractivity contribution in [1.29, 1.82) is 0 Å². The van der Waals surface area contributed by atoms with E-state index in [2.05, 4.69) is 23.2 Å². The molecule has 11 heteroatoms. The zero-order valence-electron chi connectivity index (χ0n) is 21.8. The maximum Gasteiger partial charge on any atom is 0.490 e. The van der Waals surface area contributed by atoms with Crippen molar-refractivity contribution in [3.05, 3.63) is 95.7 Å². The van der Waals surface area contributed by atoms with Crippen LogP contribution in [0.1, 0.15) is 45.0 Å². The largest absolute Gasteiger partial charge is 0.490 e. The molecule has 8 nitrogen and oxygen atoms in total. The number of anilines is 1. The summed E-state index contributed by atoms with van der Waals surface area (Å²) in [7, 11) is 0. The van der Waals surface area contributed by atoms with Crippen LogP contribution < -0.4 is 11.5 Å². The van der Waals surface area contributed by atoms with E-state index in [0.29, 0.717) is 36.0 Å². The number of primary amides is 1. The Labute approximate surface area is 233 Å². The van der Waals surface area contributed by atoms with E-state index in [1.807, 2.05) is 41.3 Å². The summed E-state index contributed by atoms with van der Waals surface area (Å²) in [5.74, 6) is -2.22. The number of nitrogen functional groups attached to an aromatic ring is 1. The van der Waals surface area contributed by atoms with Gasteiger partial charge in [-0.2, -0.15) is 13.2 Å². The van der Waals surface area contributed by atoms with Crippen molar-refractivity contribution >= 4 is 34.4 Å². The predicted molar refractivity (Wildman–Crippen MR) is 148 cm³/mol. The summed E-state index contributed by atoms with van der Waals surface area (Å²) < 4.78 is 31.7. The quantitative estimate of drug-likeness (QED) is 0.310. The van der Waals surface area contributed by atoms with Gasteiger partial charge >= 0.3 is 12.1 Å². The third-order valence-corrected chi connectivity index (χ3v) is 6.93. The van der Waals surface area contributed by atoms with Crippen molar-refractivity contribution < 1.29 is 32.7 Å². The molecule has 41 heavy (non-hydrogen) atoms. The number of piperidine rings is 1. The molecule has 1 saturated heterocycles. The molecule has 0 radical (unpaired) electrons. The highest BCUT2D eigenvalue weighted by molar-refractivity contribution is 5.96. The lowest BCUT2D eigenvalue weighted by atomic mass is 9.88. The molecule has 5 N–H and O–H groups in total. The predicted octanol–water partition coefficient (Wildman–Crippen LogP) is 5.24. The fraction of sp³-hybridized carbons (Fsp3) is 0.200. The van der Waals surface area contributed by atoms with Gasteiger partial charge in [-0.15, -0.1) is 0 Å². The number of alkyl halides is 3. The number of hydrogen-bond donors (Lipinski definition) is 3. The molecule has 0 aliphatic carbocycles. The molecular formula is C30H27F3N4O4. The van der Waals surface area contributed by atoms with Gasteiger partial charge in [-0.1, -0.05) is 36.4 Å². The van der Waals surface area contributed by atoms with E-state index in [1.165, 1.54) is 5.56 Å². The second-order valence-corrected chi connectivity index (χ2v) is 9.57. The third kappa shape index (κ3) is 6.99. The van der Waals surface area contributed by atoms with Gasteiger partial charge < -0.3 is 21.5 Å². The number of carboxylic acid groups (broad SMARTS) is 1. The van der Waals surface area contributed by atoms with E-state index in [1.54, 1.807) is 24.4 Å². The summed E-state index contributed by atoms with van der Waals surface area (Å²) in [4.78, 5) is 39.6. The molecule has 1 aromatic heterocycles. The molecule has 5 rings (SSSR count). The minimum atomic E-state index is -5.08. The summed E-state index contributed by atoms with van der Waals surface area (Å²) in [6.07, 6.45) is -1.53. The first-order valence-corrected chi connectivity index (χ1v) is 12.7. The van der Waals surface area contributed by atoms with Crippen LogP contribution in [0.15, 0.2) is 79.0 Å². The Bertz CT molecular complexity index is 1580. The Kier molecular flexibility index (Phi) is 8.56. The van der Waals surface area contributed by atoms with Gasteiger partial charge in [0.2, 0.25) is 5.91 Å². The van der Waals surface area contributed by atoms with Gasteiger partial charge in [0.05, 0.1) is 0 Å². The molecular weight excluding hydrogens is 537 g/mol. The third-order valence-electron chi connectivity index (χ3n) is 6.93. The van der Waals surface area contributed by atoms with Crippen molar-refractivity contribution in [3.8, 4) is 11.1 Å². The molecule has 2 heterocycles. The smallest absolute Gasteiger partial charge is 0.475 e. The number of benzene rings is 3. The number of amides is 2. The molecule has 0 unspecified atom stereocenters. The van der Waals surface area contributed by atoms with Crippen LogP contribution in [-0.4, -0.2) is 52.0 Å². The normalized spacial score (nSPS) is 13.8. The number of hydrogen-bond acceptors (Lipinski definition) is 5. The van der Waals surface area contributed by atoms with Crippen LogP contribution in [0.4, 0.5) is 19.0 Å². The Balaban J connectivity index is 0.000000493. The number of pyridine rings is 1. The maximum atomic E-state index is 13.1. The number of carboxylic acids is 1. The number of likely N-dealkylation sites (tertiary alicyclic amines) is 1. The van der Waals surface area contributed by atoms with Crippen LogP contribution in [-0.2, 0) is 4.79 Å². The molecule has 0 atom stereocenters. The zero-order chi connectivity index (χ0) is 29.7. The number of aliphatic carboxylic acids is 1. The van der Waals surface area contributed by atoms with Crippen molar-refractivity contribution in [2.24, 2.45) is 5.73 Å². The molecule has 2 amide bonds. The highest BCUT2D eigenvalue weighted by Crippen LogP contribution is 2.32. The van der Waals surface area contributed by atoms with Gasteiger partial charge in [-0.3, -0.25) is 9.59 Å². The fourth-order valence-corrected chi connectivity index (χ4v) is 4.72. The van der Waals surface area contributed by atoms with Crippen LogP contribution in [0.3, 0.4) is 0 Å². The lowest BCUT2D eigenvalue weighted by Crippen LogP contribution is -2.37. The summed E-state index contributed by atoms with van der Waals surface area (Å²) >= 11 is 0. The number of nitrogens with two attached hydrogens (primary N) is 2. The van der Waals surface area contributed by atoms with Gasteiger partial charge in [-0.25, -0.2) is 9.78 Å². The molecule has 1 aliphatic rings. The van der Waals surface area contributed by atoms with Crippen molar-refractivity contribution in [3.63, 3.8) is 0 Å². The van der Waals surface area contributed by atoms with E-state index in [0.717, 1.165) is 34.7 Å². The number of carbonyl (C=O) groups is 3. The standard InChI is InChI=1S/C28H26N4O2.C2HF3O2/c29-26-25-17-23(9-6-20(25)10-13-31-26)19-11-14-32(15-12-19)28(34)21-7-4-18(5-8-21)22-2-1-3-24(16-22)27(30)33;3-2(4,5)1(6)7/h1-10,13,16-17,19H,11-12,14-15H2,(H2,29,31)(H2,30,33);(H,6,7). The van der Waals surface area contributed by atoms with Gasteiger partial charge in [0.1, 0.15) is 5.82 Å². The van der Waals surface area contributed by atoms with E-state index in [9.17, 15) is 22.8 Å². The van der Waals surface area contributed by atoms with Crippen molar-refractivity contribution in [2.45, 2.75) is 24.9 Å². The van der Waals surface area contributed by atoms with Crippen LogP contribution in [0, 0.1) is 0 Å². The molecule has 3 aromatic carbocycles. The summed E-state index contributed by atoms with van der Waals surface area (Å²) in [6, 6.07) is 23.1. The Hall–Kier alpha value is -4.93. The minimum Gasteiger partial charge on any atom is -0.475 e. The van der Waals surface area contributed by atoms with Crippen LogP contribution >= 0.6 is 0 Å².